The van der Waals surface area contributed by atoms with Gasteiger partial charge in [-0.15, -0.1) is 12.4 Å². The van der Waals surface area contributed by atoms with E-state index in [9.17, 15) is 9.59 Å². The van der Waals surface area contributed by atoms with E-state index in [1.807, 2.05) is 22.6 Å². The summed E-state index contributed by atoms with van der Waals surface area (Å²) in [6.07, 6.45) is 3.41. The Morgan fingerprint density at radius 3 is 2.82 bits per heavy atom. The molecule has 1 unspecified atom stereocenters. The smallest absolute Gasteiger partial charge is 0.255 e. The average Bonchev–Trinajstić information content (AvgIpc) is 2.91. The van der Waals surface area contributed by atoms with Gasteiger partial charge in [-0.05, 0) is 37.1 Å². The van der Waals surface area contributed by atoms with Crippen molar-refractivity contribution >= 4 is 35.6 Å². The fourth-order valence-electron chi connectivity index (χ4n) is 2.67. The fraction of sp³-hybridized carbons (Fsp3) is 0.600. The number of nitrogens with zero attached hydrogens (tertiary/aromatic N) is 1. The summed E-state index contributed by atoms with van der Waals surface area (Å²) in [5.74, 6) is 0.0497. The standard InChI is InChI=1S/C15H23N3O2S.ClH/c1-11-9-21-10-13(11)15(20)18-7-3-2-4-12(18)8-17-14(19)5-6-16;/h9-10,12H,2-8,16H2,1H3,(H,17,19);1H. The largest absolute Gasteiger partial charge is 0.354 e. The van der Waals surface area contributed by atoms with E-state index in [-0.39, 0.29) is 30.3 Å². The van der Waals surface area contributed by atoms with Crippen molar-refractivity contribution in [1.82, 2.24) is 10.2 Å². The van der Waals surface area contributed by atoms with Crippen molar-refractivity contribution in [2.45, 2.75) is 38.6 Å². The van der Waals surface area contributed by atoms with E-state index in [0.29, 0.717) is 19.5 Å². The zero-order valence-electron chi connectivity index (χ0n) is 12.8. The highest BCUT2D eigenvalue weighted by Gasteiger charge is 2.28. The molecule has 2 amide bonds. The summed E-state index contributed by atoms with van der Waals surface area (Å²) >= 11 is 1.55. The normalized spacial score (nSPS) is 17.7. The van der Waals surface area contributed by atoms with Gasteiger partial charge in [-0.2, -0.15) is 11.3 Å². The van der Waals surface area contributed by atoms with Gasteiger partial charge in [0.25, 0.3) is 5.91 Å². The summed E-state index contributed by atoms with van der Waals surface area (Å²) in [7, 11) is 0. The lowest BCUT2D eigenvalue weighted by Gasteiger charge is -2.36. The van der Waals surface area contributed by atoms with Gasteiger partial charge >= 0.3 is 0 Å². The van der Waals surface area contributed by atoms with Crippen molar-refractivity contribution in [3.05, 3.63) is 21.9 Å². The number of carbonyl (C=O) groups is 2. The van der Waals surface area contributed by atoms with Crippen LogP contribution in [-0.4, -0.2) is 42.4 Å². The van der Waals surface area contributed by atoms with Crippen molar-refractivity contribution in [2.24, 2.45) is 5.73 Å². The van der Waals surface area contributed by atoms with Crippen LogP contribution in [0.3, 0.4) is 0 Å². The molecule has 0 spiro atoms. The number of aryl methyl sites for hydroxylation is 1. The van der Waals surface area contributed by atoms with Crippen LogP contribution in [0.25, 0.3) is 0 Å². The Labute approximate surface area is 141 Å². The predicted molar refractivity (Wildman–Crippen MR) is 91.7 cm³/mol. The Bertz CT molecular complexity index is 507. The molecule has 5 nitrogen and oxygen atoms in total. The first-order valence-electron chi connectivity index (χ1n) is 7.44. The molecule has 7 heteroatoms. The van der Waals surface area contributed by atoms with E-state index >= 15 is 0 Å². The summed E-state index contributed by atoms with van der Waals surface area (Å²) in [4.78, 5) is 26.1. The van der Waals surface area contributed by atoms with Gasteiger partial charge in [-0.3, -0.25) is 9.59 Å². The molecule has 124 valence electrons. The van der Waals surface area contributed by atoms with Crippen LogP contribution in [0.15, 0.2) is 10.8 Å². The highest BCUT2D eigenvalue weighted by Crippen LogP contribution is 2.22. The minimum absolute atomic E-state index is 0. The molecule has 0 aliphatic carbocycles. The number of rotatable bonds is 5. The number of likely N-dealkylation sites (tertiary alicyclic amines) is 1. The van der Waals surface area contributed by atoms with Gasteiger partial charge < -0.3 is 16.0 Å². The number of nitrogens with one attached hydrogen (secondary N) is 1. The molecule has 2 rings (SSSR count). The van der Waals surface area contributed by atoms with Crippen LogP contribution in [0.4, 0.5) is 0 Å². The molecule has 1 atom stereocenters. The van der Waals surface area contributed by atoms with Gasteiger partial charge in [-0.25, -0.2) is 0 Å². The maximum Gasteiger partial charge on any atom is 0.255 e. The minimum atomic E-state index is -0.0396. The van der Waals surface area contributed by atoms with Gasteiger partial charge in [0.2, 0.25) is 5.91 Å². The van der Waals surface area contributed by atoms with Crippen molar-refractivity contribution in [1.29, 1.82) is 0 Å². The zero-order chi connectivity index (χ0) is 15.2. The van der Waals surface area contributed by atoms with Crippen LogP contribution >= 0.6 is 23.7 Å². The van der Waals surface area contributed by atoms with Crippen LogP contribution in [0.2, 0.25) is 0 Å². The van der Waals surface area contributed by atoms with Crippen LogP contribution in [0, 0.1) is 6.92 Å². The second-order valence-electron chi connectivity index (χ2n) is 5.46. The van der Waals surface area contributed by atoms with Crippen LogP contribution in [0.1, 0.15) is 41.6 Å². The molecule has 1 aliphatic rings. The Morgan fingerprint density at radius 1 is 1.41 bits per heavy atom. The summed E-state index contributed by atoms with van der Waals surface area (Å²) in [6.45, 7) is 3.61. The molecular weight excluding hydrogens is 322 g/mol. The van der Waals surface area contributed by atoms with E-state index in [4.69, 9.17) is 5.73 Å². The number of nitrogens with two attached hydrogens (primary N) is 1. The van der Waals surface area contributed by atoms with E-state index in [1.165, 1.54) is 0 Å². The summed E-state index contributed by atoms with van der Waals surface area (Å²) < 4.78 is 0. The molecule has 22 heavy (non-hydrogen) atoms. The Balaban J connectivity index is 0.00000242. The van der Waals surface area contributed by atoms with Crippen LogP contribution < -0.4 is 11.1 Å². The Hall–Kier alpha value is -1.11. The molecule has 3 N–H and O–H groups in total. The maximum absolute atomic E-state index is 12.7. The van der Waals surface area contributed by atoms with E-state index in [2.05, 4.69) is 5.32 Å². The number of hydrogen-bond donors (Lipinski definition) is 2. The summed E-state index contributed by atoms with van der Waals surface area (Å²) in [6, 6.07) is 0.0901. The molecule has 0 radical (unpaired) electrons. The highest BCUT2D eigenvalue weighted by atomic mass is 35.5. The molecule has 1 fully saturated rings. The maximum atomic E-state index is 12.7. The second-order valence-corrected chi connectivity index (χ2v) is 6.20. The number of amides is 2. The molecule has 0 saturated carbocycles. The zero-order valence-corrected chi connectivity index (χ0v) is 14.5. The fourth-order valence-corrected chi connectivity index (χ4v) is 3.49. The molecule has 1 aliphatic heterocycles. The monoisotopic (exact) mass is 345 g/mol. The Morgan fingerprint density at radius 2 is 2.18 bits per heavy atom. The van der Waals surface area contributed by atoms with Crippen molar-refractivity contribution in [3.63, 3.8) is 0 Å². The second kappa shape index (κ2) is 9.12. The summed E-state index contributed by atoms with van der Waals surface area (Å²) in [5.41, 5.74) is 7.19. The molecule has 1 saturated heterocycles. The first-order chi connectivity index (χ1) is 10.1. The molecule has 0 aromatic carbocycles. The average molecular weight is 346 g/mol. The van der Waals surface area contributed by atoms with Gasteiger partial charge in [0.1, 0.15) is 0 Å². The number of halogens is 1. The van der Waals surface area contributed by atoms with Gasteiger partial charge in [-0.1, -0.05) is 0 Å². The topological polar surface area (TPSA) is 75.4 Å². The van der Waals surface area contributed by atoms with Crippen molar-refractivity contribution in [2.75, 3.05) is 19.6 Å². The molecular formula is C15H24ClN3O2S. The van der Waals surface area contributed by atoms with Crippen LogP contribution in [-0.2, 0) is 4.79 Å². The molecule has 0 bridgehead atoms. The molecule has 2 heterocycles. The van der Waals surface area contributed by atoms with Gasteiger partial charge in [0, 0.05) is 37.5 Å². The third kappa shape index (κ3) is 4.69. The lowest BCUT2D eigenvalue weighted by Crippen LogP contribution is -2.49. The van der Waals surface area contributed by atoms with Crippen molar-refractivity contribution in [3.8, 4) is 0 Å². The number of piperidine rings is 1. The number of hydrogen-bond acceptors (Lipinski definition) is 4. The van der Waals surface area contributed by atoms with E-state index < -0.39 is 0 Å². The molecule has 1 aromatic rings. The Kier molecular flexibility index (Phi) is 7.85. The lowest BCUT2D eigenvalue weighted by atomic mass is 10.0. The van der Waals surface area contributed by atoms with E-state index in [1.54, 1.807) is 11.3 Å². The summed E-state index contributed by atoms with van der Waals surface area (Å²) in [5, 5.41) is 6.80. The SMILES string of the molecule is Cc1cscc1C(=O)N1CCCCC1CNC(=O)CCN.Cl. The highest BCUT2D eigenvalue weighted by molar-refractivity contribution is 7.08. The number of thiophene rings is 1. The first kappa shape index (κ1) is 18.9. The van der Waals surface area contributed by atoms with Crippen LogP contribution in [0.5, 0.6) is 0 Å². The molecule has 1 aromatic heterocycles. The number of carbonyl (C=O) groups excluding carboxylic acids is 2. The quantitative estimate of drug-likeness (QED) is 0.856. The first-order valence-corrected chi connectivity index (χ1v) is 8.38. The lowest BCUT2D eigenvalue weighted by molar-refractivity contribution is -0.121. The predicted octanol–water partition coefficient (Wildman–Crippen LogP) is 1.94. The van der Waals surface area contributed by atoms with Gasteiger partial charge in [0.15, 0.2) is 0 Å². The van der Waals surface area contributed by atoms with Crippen molar-refractivity contribution < 1.29 is 9.59 Å². The van der Waals surface area contributed by atoms with Gasteiger partial charge in [0.05, 0.1) is 5.56 Å². The third-order valence-electron chi connectivity index (χ3n) is 3.88. The minimum Gasteiger partial charge on any atom is -0.354 e. The third-order valence-corrected chi connectivity index (χ3v) is 4.74. The van der Waals surface area contributed by atoms with E-state index in [0.717, 1.165) is 36.9 Å².